The number of rotatable bonds is 3. The number of fused-ring (bicyclic) bond motifs is 1. The van der Waals surface area contributed by atoms with Gasteiger partial charge in [-0.05, 0) is 12.1 Å². The second-order valence-electron chi connectivity index (χ2n) is 3.53. The lowest BCUT2D eigenvalue weighted by Gasteiger charge is -2.02. The van der Waals surface area contributed by atoms with Crippen LogP contribution in [0.2, 0.25) is 0 Å². The quantitative estimate of drug-likeness (QED) is 0.626. The summed E-state index contributed by atoms with van der Waals surface area (Å²) in [5, 5.41) is 0.643. The van der Waals surface area contributed by atoms with Crippen LogP contribution in [0, 0.1) is 0 Å². The average Bonchev–Trinajstić information content (AvgIpc) is 3.04. The lowest BCUT2D eigenvalue weighted by atomic mass is 10.3. The van der Waals surface area contributed by atoms with Crippen molar-refractivity contribution in [2.24, 2.45) is 0 Å². The predicted molar refractivity (Wildman–Crippen MR) is 69.3 cm³/mol. The van der Waals surface area contributed by atoms with Crippen LogP contribution in [0.3, 0.4) is 0 Å². The molecule has 0 aliphatic heterocycles. The molecule has 2 aromatic heterocycles. The van der Waals surface area contributed by atoms with Crippen molar-refractivity contribution in [3.8, 4) is 0 Å². The fourth-order valence-electron chi connectivity index (χ4n) is 1.48. The molecule has 3 rings (SSSR count). The van der Waals surface area contributed by atoms with Crippen LogP contribution in [-0.4, -0.2) is 20.9 Å². The Morgan fingerprint density at radius 3 is 3.00 bits per heavy atom. The molecule has 0 bridgehead atoms. The maximum Gasteiger partial charge on any atom is 0.287 e. The molecular weight excluding hydrogens is 250 g/mol. The molecule has 0 saturated carbocycles. The number of benzene rings is 1. The number of hydrazine groups is 1. The second kappa shape index (κ2) is 4.46. The SMILES string of the molecule is O=C(NNc1nc2ccccc2s1)c1cnc[nH]1. The zero-order chi connectivity index (χ0) is 12.4. The number of thiazole rings is 1. The molecule has 0 saturated heterocycles. The summed E-state index contributed by atoms with van der Waals surface area (Å²) in [7, 11) is 0. The minimum Gasteiger partial charge on any atom is -0.341 e. The van der Waals surface area contributed by atoms with Gasteiger partial charge >= 0.3 is 0 Å². The molecule has 7 heteroatoms. The molecule has 0 radical (unpaired) electrons. The van der Waals surface area contributed by atoms with Gasteiger partial charge in [0.1, 0.15) is 5.69 Å². The number of para-hydroxylation sites is 1. The fourth-order valence-corrected chi connectivity index (χ4v) is 2.30. The summed E-state index contributed by atoms with van der Waals surface area (Å²) in [6.45, 7) is 0. The van der Waals surface area contributed by atoms with Gasteiger partial charge in [-0.25, -0.2) is 9.97 Å². The fraction of sp³-hybridized carbons (Fsp3) is 0. The summed E-state index contributed by atoms with van der Waals surface area (Å²) in [5.74, 6) is -0.285. The maximum atomic E-state index is 11.6. The Labute approximate surface area is 106 Å². The van der Waals surface area contributed by atoms with Gasteiger partial charge in [0.25, 0.3) is 5.91 Å². The molecule has 2 heterocycles. The number of imidazole rings is 1. The number of hydrogen-bond donors (Lipinski definition) is 3. The molecule has 18 heavy (non-hydrogen) atoms. The van der Waals surface area contributed by atoms with E-state index < -0.39 is 0 Å². The summed E-state index contributed by atoms with van der Waals surface area (Å²) in [4.78, 5) is 22.5. The van der Waals surface area contributed by atoms with Crippen molar-refractivity contribution >= 4 is 32.6 Å². The van der Waals surface area contributed by atoms with E-state index in [0.717, 1.165) is 10.2 Å². The lowest BCUT2D eigenvalue weighted by Crippen LogP contribution is -2.29. The molecule has 0 aliphatic carbocycles. The van der Waals surface area contributed by atoms with E-state index >= 15 is 0 Å². The highest BCUT2D eigenvalue weighted by molar-refractivity contribution is 7.22. The van der Waals surface area contributed by atoms with Gasteiger partial charge in [0, 0.05) is 0 Å². The Hall–Kier alpha value is -2.41. The van der Waals surface area contributed by atoms with Crippen molar-refractivity contribution in [1.29, 1.82) is 0 Å². The largest absolute Gasteiger partial charge is 0.341 e. The van der Waals surface area contributed by atoms with E-state index in [1.54, 1.807) is 0 Å². The van der Waals surface area contributed by atoms with E-state index in [9.17, 15) is 4.79 Å². The number of aromatic nitrogens is 3. The molecule has 0 fully saturated rings. The number of anilines is 1. The number of amides is 1. The zero-order valence-corrected chi connectivity index (χ0v) is 9.99. The second-order valence-corrected chi connectivity index (χ2v) is 4.56. The van der Waals surface area contributed by atoms with Gasteiger partial charge in [-0.3, -0.25) is 15.6 Å². The van der Waals surface area contributed by atoms with Crippen molar-refractivity contribution in [3.63, 3.8) is 0 Å². The third-order valence-corrected chi connectivity index (χ3v) is 3.27. The normalized spacial score (nSPS) is 10.4. The Bertz CT molecular complexity index is 643. The first-order valence-electron chi connectivity index (χ1n) is 5.23. The van der Waals surface area contributed by atoms with Gasteiger partial charge in [-0.1, -0.05) is 23.5 Å². The van der Waals surface area contributed by atoms with Crippen molar-refractivity contribution < 1.29 is 4.79 Å². The summed E-state index contributed by atoms with van der Waals surface area (Å²) in [5.41, 5.74) is 6.63. The molecule has 0 atom stereocenters. The molecular formula is C11H9N5OS. The number of carbonyl (C=O) groups is 1. The first kappa shape index (κ1) is 10.7. The minimum absolute atomic E-state index is 0.285. The maximum absolute atomic E-state index is 11.6. The van der Waals surface area contributed by atoms with Crippen LogP contribution in [0.1, 0.15) is 10.5 Å². The van der Waals surface area contributed by atoms with Crippen LogP contribution in [0.5, 0.6) is 0 Å². The number of carbonyl (C=O) groups excluding carboxylic acids is 1. The van der Waals surface area contributed by atoms with Crippen molar-refractivity contribution in [1.82, 2.24) is 20.4 Å². The Balaban J connectivity index is 1.71. The highest BCUT2D eigenvalue weighted by atomic mass is 32.1. The van der Waals surface area contributed by atoms with Gasteiger partial charge in [0.15, 0.2) is 0 Å². The van der Waals surface area contributed by atoms with Crippen molar-refractivity contribution in [3.05, 3.63) is 42.5 Å². The first-order chi connectivity index (χ1) is 8.83. The molecule has 1 amide bonds. The highest BCUT2D eigenvalue weighted by Gasteiger charge is 2.07. The molecule has 90 valence electrons. The van der Waals surface area contributed by atoms with Gasteiger partial charge in [-0.15, -0.1) is 0 Å². The van der Waals surface area contributed by atoms with Crippen molar-refractivity contribution in [2.45, 2.75) is 0 Å². The van der Waals surface area contributed by atoms with Gasteiger partial charge in [0.05, 0.1) is 22.7 Å². The number of aromatic amines is 1. The number of nitrogens with zero attached hydrogens (tertiary/aromatic N) is 2. The van der Waals surface area contributed by atoms with Gasteiger partial charge in [-0.2, -0.15) is 0 Å². The summed E-state index contributed by atoms with van der Waals surface area (Å²) < 4.78 is 1.07. The van der Waals surface area contributed by atoms with E-state index in [1.165, 1.54) is 23.9 Å². The summed E-state index contributed by atoms with van der Waals surface area (Å²) in [6.07, 6.45) is 2.90. The Kier molecular flexibility index (Phi) is 2.66. The molecule has 3 N–H and O–H groups in total. The Morgan fingerprint density at radius 2 is 2.22 bits per heavy atom. The van der Waals surface area contributed by atoms with Crippen LogP contribution >= 0.6 is 11.3 Å². The van der Waals surface area contributed by atoms with Crippen molar-refractivity contribution in [2.75, 3.05) is 5.43 Å². The van der Waals surface area contributed by atoms with E-state index in [2.05, 4.69) is 25.8 Å². The van der Waals surface area contributed by atoms with Crippen LogP contribution in [0.15, 0.2) is 36.8 Å². The smallest absolute Gasteiger partial charge is 0.287 e. The van der Waals surface area contributed by atoms with E-state index in [0.29, 0.717) is 10.8 Å². The number of H-pyrrole nitrogens is 1. The Morgan fingerprint density at radius 1 is 1.33 bits per heavy atom. The van der Waals surface area contributed by atoms with Crippen LogP contribution in [0.25, 0.3) is 10.2 Å². The lowest BCUT2D eigenvalue weighted by molar-refractivity contribution is 0.0958. The molecule has 6 nitrogen and oxygen atoms in total. The molecule has 1 aromatic carbocycles. The standard InChI is InChI=1S/C11H9N5OS/c17-10(8-5-12-6-13-8)15-16-11-14-7-3-1-2-4-9(7)18-11/h1-6H,(H,12,13)(H,14,16)(H,15,17). The average molecular weight is 259 g/mol. The minimum atomic E-state index is -0.285. The molecule has 0 aliphatic rings. The third-order valence-electron chi connectivity index (χ3n) is 2.32. The number of nitrogens with one attached hydrogen (secondary N) is 3. The summed E-state index contributed by atoms with van der Waals surface area (Å²) in [6, 6.07) is 7.78. The molecule has 0 spiro atoms. The van der Waals surface area contributed by atoms with E-state index in [1.807, 2.05) is 24.3 Å². The molecule has 0 unspecified atom stereocenters. The van der Waals surface area contributed by atoms with E-state index in [4.69, 9.17) is 0 Å². The monoisotopic (exact) mass is 259 g/mol. The first-order valence-corrected chi connectivity index (χ1v) is 6.05. The third kappa shape index (κ3) is 2.03. The predicted octanol–water partition coefficient (Wildman–Crippen LogP) is 1.78. The van der Waals surface area contributed by atoms with Crippen LogP contribution in [-0.2, 0) is 0 Å². The van der Waals surface area contributed by atoms with Crippen LogP contribution < -0.4 is 10.9 Å². The molecule has 3 aromatic rings. The van der Waals surface area contributed by atoms with Gasteiger partial charge < -0.3 is 4.98 Å². The topological polar surface area (TPSA) is 82.7 Å². The number of hydrogen-bond acceptors (Lipinski definition) is 5. The zero-order valence-electron chi connectivity index (χ0n) is 9.18. The van der Waals surface area contributed by atoms with E-state index in [-0.39, 0.29) is 5.91 Å². The summed E-state index contributed by atoms with van der Waals surface area (Å²) >= 11 is 1.47. The van der Waals surface area contributed by atoms with Gasteiger partial charge in [0.2, 0.25) is 5.13 Å². The highest BCUT2D eigenvalue weighted by Crippen LogP contribution is 2.24. The van der Waals surface area contributed by atoms with Crippen LogP contribution in [0.4, 0.5) is 5.13 Å².